The normalized spacial score (nSPS) is 10.6. The molecule has 2 aromatic carbocycles. The maximum Gasteiger partial charge on any atom is 0.306 e. The lowest BCUT2D eigenvalue weighted by atomic mass is 10.1. The largest absolute Gasteiger partial charge is 0.508 e. The zero-order valence-electron chi connectivity index (χ0n) is 15.5. The van der Waals surface area contributed by atoms with E-state index in [0.29, 0.717) is 19.4 Å². The van der Waals surface area contributed by atoms with Crippen LogP contribution in [-0.4, -0.2) is 29.4 Å². The summed E-state index contributed by atoms with van der Waals surface area (Å²) in [5, 5.41) is 9.62. The van der Waals surface area contributed by atoms with Gasteiger partial charge in [-0.1, -0.05) is 0 Å². The zero-order valence-corrected chi connectivity index (χ0v) is 15.5. The molecular formula is C22H23NO4. The number of ether oxygens (including phenoxy) is 2. The van der Waals surface area contributed by atoms with E-state index in [9.17, 15) is 9.90 Å². The highest BCUT2D eigenvalue weighted by Gasteiger charge is 2.14. The van der Waals surface area contributed by atoms with Gasteiger partial charge in [0.1, 0.15) is 11.5 Å². The minimum atomic E-state index is -0.207. The second-order valence-corrected chi connectivity index (χ2v) is 6.10. The van der Waals surface area contributed by atoms with Crippen molar-refractivity contribution in [3.8, 4) is 28.4 Å². The van der Waals surface area contributed by atoms with Crippen LogP contribution in [0.2, 0.25) is 0 Å². The van der Waals surface area contributed by atoms with E-state index < -0.39 is 0 Å². The highest BCUT2D eigenvalue weighted by Crippen LogP contribution is 2.29. The summed E-state index contributed by atoms with van der Waals surface area (Å²) in [6.45, 7) is 2.19. The van der Waals surface area contributed by atoms with Crippen LogP contribution in [0.25, 0.3) is 16.9 Å². The number of carbonyl (C=O) groups excluding carboxylic acids is 1. The smallest absolute Gasteiger partial charge is 0.306 e. The number of rotatable bonds is 7. The van der Waals surface area contributed by atoms with E-state index in [2.05, 4.69) is 4.57 Å². The van der Waals surface area contributed by atoms with Crippen LogP contribution in [0.15, 0.2) is 60.7 Å². The molecule has 27 heavy (non-hydrogen) atoms. The van der Waals surface area contributed by atoms with Crippen LogP contribution >= 0.6 is 0 Å². The Labute approximate surface area is 158 Å². The fourth-order valence-electron chi connectivity index (χ4n) is 3.03. The van der Waals surface area contributed by atoms with Gasteiger partial charge >= 0.3 is 5.97 Å². The molecule has 5 heteroatoms. The SMILES string of the molecule is CCOC(=O)CCc1ccc(-c2ccc(OC)cc2)n1-c1ccc(O)cc1. The number of nitrogens with zero attached hydrogens (tertiary/aromatic N) is 1. The maximum absolute atomic E-state index is 11.8. The Balaban J connectivity index is 1.99. The molecule has 0 saturated heterocycles. The molecule has 3 aromatic rings. The lowest BCUT2D eigenvalue weighted by Gasteiger charge is -2.14. The number of hydrogen-bond donors (Lipinski definition) is 1. The van der Waals surface area contributed by atoms with Crippen molar-refractivity contribution in [2.75, 3.05) is 13.7 Å². The summed E-state index contributed by atoms with van der Waals surface area (Å²) in [7, 11) is 1.64. The van der Waals surface area contributed by atoms with Crippen LogP contribution in [0.5, 0.6) is 11.5 Å². The molecule has 1 heterocycles. The van der Waals surface area contributed by atoms with E-state index >= 15 is 0 Å². The number of carbonyl (C=O) groups is 1. The summed E-state index contributed by atoms with van der Waals surface area (Å²) in [4.78, 5) is 11.8. The predicted octanol–water partition coefficient (Wildman–Crippen LogP) is 4.35. The van der Waals surface area contributed by atoms with Gasteiger partial charge in [0.2, 0.25) is 0 Å². The molecule has 0 fully saturated rings. The predicted molar refractivity (Wildman–Crippen MR) is 104 cm³/mol. The molecule has 0 amide bonds. The van der Waals surface area contributed by atoms with Gasteiger partial charge in [0.15, 0.2) is 0 Å². The first-order chi connectivity index (χ1) is 13.1. The molecule has 0 bridgehead atoms. The average Bonchev–Trinajstić information content (AvgIpc) is 3.11. The molecule has 0 atom stereocenters. The van der Waals surface area contributed by atoms with Gasteiger partial charge in [0, 0.05) is 11.4 Å². The minimum absolute atomic E-state index is 0.207. The molecule has 0 aliphatic carbocycles. The third-order valence-corrected chi connectivity index (χ3v) is 4.35. The van der Waals surface area contributed by atoms with E-state index in [-0.39, 0.29) is 11.7 Å². The van der Waals surface area contributed by atoms with Crippen molar-refractivity contribution < 1.29 is 19.4 Å². The highest BCUT2D eigenvalue weighted by molar-refractivity contribution is 5.70. The molecule has 1 N–H and O–H groups in total. The van der Waals surface area contributed by atoms with Crippen molar-refractivity contribution in [1.29, 1.82) is 0 Å². The second-order valence-electron chi connectivity index (χ2n) is 6.10. The van der Waals surface area contributed by atoms with Crippen LogP contribution in [0.4, 0.5) is 0 Å². The molecule has 0 radical (unpaired) electrons. The summed E-state index contributed by atoms with van der Waals surface area (Å²) >= 11 is 0. The number of esters is 1. The summed E-state index contributed by atoms with van der Waals surface area (Å²) in [5.74, 6) is 0.802. The molecule has 140 valence electrons. The Morgan fingerprint density at radius 1 is 1.00 bits per heavy atom. The first-order valence-electron chi connectivity index (χ1n) is 8.92. The van der Waals surface area contributed by atoms with Gasteiger partial charge in [-0.05, 0) is 79.6 Å². The zero-order chi connectivity index (χ0) is 19.2. The monoisotopic (exact) mass is 365 g/mol. The molecule has 0 saturated carbocycles. The number of benzene rings is 2. The first kappa shape index (κ1) is 18.6. The van der Waals surface area contributed by atoms with Gasteiger partial charge in [-0.15, -0.1) is 0 Å². The highest BCUT2D eigenvalue weighted by atomic mass is 16.5. The summed E-state index contributed by atoms with van der Waals surface area (Å²) in [6.07, 6.45) is 0.883. The third kappa shape index (κ3) is 4.31. The Morgan fingerprint density at radius 2 is 1.70 bits per heavy atom. The molecule has 5 nitrogen and oxygen atoms in total. The number of aromatic nitrogens is 1. The van der Waals surface area contributed by atoms with Crippen molar-refractivity contribution in [1.82, 2.24) is 4.57 Å². The van der Waals surface area contributed by atoms with Crippen molar-refractivity contribution in [2.45, 2.75) is 19.8 Å². The Bertz CT molecular complexity index is 895. The molecular weight excluding hydrogens is 342 g/mol. The minimum Gasteiger partial charge on any atom is -0.508 e. The van der Waals surface area contributed by atoms with Crippen LogP contribution in [0, 0.1) is 0 Å². The molecule has 0 unspecified atom stereocenters. The van der Waals surface area contributed by atoms with Crippen molar-refractivity contribution in [3.05, 3.63) is 66.4 Å². The van der Waals surface area contributed by atoms with Crippen LogP contribution < -0.4 is 4.74 Å². The van der Waals surface area contributed by atoms with E-state index in [1.54, 1.807) is 26.2 Å². The number of methoxy groups -OCH3 is 1. The fourth-order valence-corrected chi connectivity index (χ4v) is 3.03. The number of hydrogen-bond acceptors (Lipinski definition) is 4. The van der Waals surface area contributed by atoms with E-state index in [1.165, 1.54) is 0 Å². The van der Waals surface area contributed by atoms with Gasteiger partial charge < -0.3 is 19.1 Å². The standard InChI is InChI=1S/C22H23NO4/c1-3-27-22(25)15-9-18-8-14-21(16-4-12-20(26-2)13-5-16)23(18)17-6-10-19(24)11-7-17/h4-8,10-14,24H,3,9,15H2,1-2H3. The summed E-state index contributed by atoms with van der Waals surface area (Å²) in [5.41, 5.74) is 3.95. The van der Waals surface area contributed by atoms with E-state index in [4.69, 9.17) is 9.47 Å². The summed E-state index contributed by atoms with van der Waals surface area (Å²) < 4.78 is 12.4. The molecule has 3 rings (SSSR count). The van der Waals surface area contributed by atoms with Gasteiger partial charge in [-0.2, -0.15) is 0 Å². The van der Waals surface area contributed by atoms with E-state index in [0.717, 1.165) is 28.4 Å². The number of aromatic hydroxyl groups is 1. The van der Waals surface area contributed by atoms with Crippen LogP contribution in [-0.2, 0) is 16.0 Å². The fraction of sp³-hybridized carbons (Fsp3) is 0.227. The Morgan fingerprint density at radius 3 is 2.33 bits per heavy atom. The average molecular weight is 365 g/mol. The number of phenolic OH excluding ortho intramolecular Hbond substituents is 1. The number of aryl methyl sites for hydroxylation is 1. The Hall–Kier alpha value is -3.21. The van der Waals surface area contributed by atoms with Crippen LogP contribution in [0.3, 0.4) is 0 Å². The topological polar surface area (TPSA) is 60.7 Å². The lowest BCUT2D eigenvalue weighted by Crippen LogP contribution is -2.08. The number of phenols is 1. The molecule has 0 aliphatic rings. The first-order valence-corrected chi connectivity index (χ1v) is 8.92. The molecule has 1 aromatic heterocycles. The second kappa shape index (κ2) is 8.45. The molecule has 0 aliphatic heterocycles. The van der Waals surface area contributed by atoms with E-state index in [1.807, 2.05) is 48.5 Å². The van der Waals surface area contributed by atoms with Gasteiger partial charge in [-0.25, -0.2) is 0 Å². The summed E-state index contributed by atoms with van der Waals surface area (Å²) in [6, 6.07) is 18.9. The van der Waals surface area contributed by atoms with Crippen molar-refractivity contribution in [2.24, 2.45) is 0 Å². The maximum atomic E-state index is 11.8. The van der Waals surface area contributed by atoms with Crippen molar-refractivity contribution in [3.63, 3.8) is 0 Å². The van der Waals surface area contributed by atoms with Gasteiger partial charge in [0.05, 0.1) is 25.8 Å². The van der Waals surface area contributed by atoms with Gasteiger partial charge in [0.25, 0.3) is 0 Å². The van der Waals surface area contributed by atoms with Crippen LogP contribution in [0.1, 0.15) is 19.0 Å². The lowest BCUT2D eigenvalue weighted by molar-refractivity contribution is -0.143. The molecule has 0 spiro atoms. The third-order valence-electron chi connectivity index (χ3n) is 4.35. The Kier molecular flexibility index (Phi) is 5.81. The van der Waals surface area contributed by atoms with Crippen molar-refractivity contribution >= 4 is 5.97 Å². The quantitative estimate of drug-likeness (QED) is 0.632. The van der Waals surface area contributed by atoms with Gasteiger partial charge in [-0.3, -0.25) is 4.79 Å².